The highest BCUT2D eigenvalue weighted by molar-refractivity contribution is 7.90. The number of H-pyrrole nitrogens is 2. The Morgan fingerprint density at radius 3 is 2.56 bits per heavy atom. The van der Waals surface area contributed by atoms with Crippen LogP contribution in [0.15, 0.2) is 47.9 Å². The lowest BCUT2D eigenvalue weighted by Gasteiger charge is -2.12. The number of nitrogens with zero attached hydrogens (tertiary/aromatic N) is 4. The number of rotatable bonds is 6. The molecule has 0 spiro atoms. The Morgan fingerprint density at radius 1 is 1.03 bits per heavy atom. The van der Waals surface area contributed by atoms with Crippen molar-refractivity contribution in [1.82, 2.24) is 30.1 Å². The molecule has 184 valence electrons. The molecule has 1 aromatic carbocycles. The minimum absolute atomic E-state index is 0.209. The molecule has 0 radical (unpaired) electrons. The SMILES string of the molecule is COc1ncc(F)cc1S(=O)(=O)Cc1ncc(F)c(-c2ccc3c(-c4ncc[nH]4)[nH]nc3c2F)c1F. The number of hydrogen-bond donors (Lipinski definition) is 2. The van der Waals surface area contributed by atoms with E-state index in [0.717, 1.165) is 19.4 Å². The Morgan fingerprint density at radius 2 is 1.83 bits per heavy atom. The van der Waals surface area contributed by atoms with Crippen molar-refractivity contribution in [1.29, 1.82) is 0 Å². The van der Waals surface area contributed by atoms with Crippen LogP contribution in [0, 0.1) is 23.3 Å². The zero-order valence-electron chi connectivity index (χ0n) is 18.2. The van der Waals surface area contributed by atoms with Gasteiger partial charge in [-0.15, -0.1) is 0 Å². The standard InChI is InChI=1S/C22H14F4N6O3S/c1-35-22-15(6-10(23)7-30-22)36(33,34)9-14-18(26)16(13(24)8-29-14)11-2-3-12-19(17(11)25)31-32-20(12)21-27-4-5-28-21/h2-8H,9H2,1H3,(H,27,28)(H,31,32). The number of fused-ring (bicyclic) bond motifs is 1. The molecular formula is C22H14F4N6O3S. The maximum absolute atomic E-state index is 15.4. The van der Waals surface area contributed by atoms with Crippen LogP contribution in [-0.2, 0) is 15.6 Å². The first-order chi connectivity index (χ1) is 17.2. The van der Waals surface area contributed by atoms with Crippen LogP contribution >= 0.6 is 0 Å². The minimum atomic E-state index is -4.45. The maximum Gasteiger partial charge on any atom is 0.232 e. The number of methoxy groups -OCH3 is 1. The van der Waals surface area contributed by atoms with E-state index in [-0.39, 0.29) is 5.52 Å². The monoisotopic (exact) mass is 518 g/mol. The van der Waals surface area contributed by atoms with Crippen LogP contribution in [0.1, 0.15) is 5.69 Å². The van der Waals surface area contributed by atoms with Gasteiger partial charge in [0.15, 0.2) is 33.1 Å². The van der Waals surface area contributed by atoms with Gasteiger partial charge < -0.3 is 9.72 Å². The summed E-state index contributed by atoms with van der Waals surface area (Å²) in [6, 6.07) is 3.19. The Bertz CT molecular complexity index is 1720. The van der Waals surface area contributed by atoms with Crippen LogP contribution in [0.25, 0.3) is 33.5 Å². The third kappa shape index (κ3) is 3.84. The third-order valence-electron chi connectivity index (χ3n) is 5.35. The average molecular weight is 518 g/mol. The summed E-state index contributed by atoms with van der Waals surface area (Å²) in [7, 11) is -3.33. The van der Waals surface area contributed by atoms with E-state index >= 15 is 8.78 Å². The van der Waals surface area contributed by atoms with Gasteiger partial charge in [0.05, 0.1) is 30.8 Å². The summed E-state index contributed by atoms with van der Waals surface area (Å²) in [5.41, 5.74) is -1.89. The summed E-state index contributed by atoms with van der Waals surface area (Å²) in [6.45, 7) is 0. The van der Waals surface area contributed by atoms with Gasteiger partial charge in [0.25, 0.3) is 0 Å². The van der Waals surface area contributed by atoms with E-state index in [1.54, 1.807) is 6.20 Å². The summed E-state index contributed by atoms with van der Waals surface area (Å²) in [6.07, 6.45) is 4.36. The van der Waals surface area contributed by atoms with E-state index in [9.17, 15) is 17.2 Å². The predicted molar refractivity (Wildman–Crippen MR) is 118 cm³/mol. The first kappa shape index (κ1) is 23.4. The fourth-order valence-electron chi connectivity index (χ4n) is 3.72. The Labute approximate surface area is 200 Å². The van der Waals surface area contributed by atoms with Crippen LogP contribution in [0.2, 0.25) is 0 Å². The highest BCUT2D eigenvalue weighted by Crippen LogP contribution is 2.35. The molecule has 0 bridgehead atoms. The first-order valence-corrected chi connectivity index (χ1v) is 11.8. The zero-order valence-corrected chi connectivity index (χ0v) is 19.0. The van der Waals surface area contributed by atoms with Crippen molar-refractivity contribution in [3.05, 3.63) is 71.9 Å². The Kier molecular flexibility index (Phi) is 5.67. The van der Waals surface area contributed by atoms with Crippen molar-refractivity contribution in [2.75, 3.05) is 7.11 Å². The molecule has 0 aliphatic carbocycles. The van der Waals surface area contributed by atoms with E-state index < -0.39 is 66.5 Å². The summed E-state index contributed by atoms with van der Waals surface area (Å²) in [5, 5.41) is 6.83. The quantitative estimate of drug-likeness (QED) is 0.326. The van der Waals surface area contributed by atoms with E-state index in [2.05, 4.69) is 30.1 Å². The third-order valence-corrected chi connectivity index (χ3v) is 6.97. The summed E-state index contributed by atoms with van der Waals surface area (Å²) in [5.74, 6) is -5.77. The average Bonchev–Trinajstić information content (AvgIpc) is 3.52. The highest BCUT2D eigenvalue weighted by atomic mass is 32.2. The second-order valence-corrected chi connectivity index (χ2v) is 9.48. The van der Waals surface area contributed by atoms with E-state index in [1.807, 2.05) is 0 Å². The summed E-state index contributed by atoms with van der Waals surface area (Å²) in [4.78, 5) is 13.4. The van der Waals surface area contributed by atoms with Crippen LogP contribution in [-0.4, -0.2) is 45.7 Å². The predicted octanol–water partition coefficient (Wildman–Crippen LogP) is 3.95. The smallest absolute Gasteiger partial charge is 0.232 e. The maximum atomic E-state index is 15.4. The number of halogens is 4. The van der Waals surface area contributed by atoms with Gasteiger partial charge in [0.2, 0.25) is 5.88 Å². The van der Waals surface area contributed by atoms with Crippen molar-refractivity contribution in [3.63, 3.8) is 0 Å². The van der Waals surface area contributed by atoms with Crippen LogP contribution in [0.4, 0.5) is 17.6 Å². The van der Waals surface area contributed by atoms with Gasteiger partial charge in [-0.3, -0.25) is 10.1 Å². The largest absolute Gasteiger partial charge is 0.480 e. The van der Waals surface area contributed by atoms with E-state index in [4.69, 9.17) is 4.74 Å². The fraction of sp³-hybridized carbons (Fsp3) is 0.0909. The molecular weight excluding hydrogens is 504 g/mol. The molecule has 5 rings (SSSR count). The molecule has 0 aliphatic heterocycles. The molecule has 0 aliphatic rings. The highest BCUT2D eigenvalue weighted by Gasteiger charge is 2.28. The number of aromatic amines is 2. The molecule has 14 heteroatoms. The van der Waals surface area contributed by atoms with Gasteiger partial charge in [-0.1, -0.05) is 6.07 Å². The van der Waals surface area contributed by atoms with Crippen molar-refractivity contribution in [2.45, 2.75) is 10.6 Å². The lowest BCUT2D eigenvalue weighted by Crippen LogP contribution is -2.12. The minimum Gasteiger partial charge on any atom is -0.480 e. The number of ether oxygens (including phenoxy) is 1. The normalized spacial score (nSPS) is 11.8. The van der Waals surface area contributed by atoms with E-state index in [0.29, 0.717) is 29.2 Å². The van der Waals surface area contributed by atoms with Crippen LogP contribution < -0.4 is 4.74 Å². The number of benzene rings is 1. The number of imidazole rings is 1. The first-order valence-electron chi connectivity index (χ1n) is 10.1. The summed E-state index contributed by atoms with van der Waals surface area (Å²) < 4.78 is 89.8. The topological polar surface area (TPSA) is 127 Å². The number of pyridine rings is 2. The van der Waals surface area contributed by atoms with Crippen molar-refractivity contribution in [3.8, 4) is 28.5 Å². The molecule has 0 saturated heterocycles. The number of aromatic nitrogens is 6. The van der Waals surface area contributed by atoms with Gasteiger partial charge in [-0.2, -0.15) is 5.10 Å². The van der Waals surface area contributed by atoms with Crippen LogP contribution in [0.3, 0.4) is 0 Å². The number of nitrogens with one attached hydrogen (secondary N) is 2. The second kappa shape index (κ2) is 8.71. The van der Waals surface area contributed by atoms with Gasteiger partial charge in [-0.25, -0.2) is 35.9 Å². The zero-order chi connectivity index (χ0) is 25.6. The Hall–Kier alpha value is -4.33. The molecule has 5 aromatic rings. The Balaban J connectivity index is 1.60. The van der Waals surface area contributed by atoms with Gasteiger partial charge >= 0.3 is 0 Å². The molecule has 4 heterocycles. The van der Waals surface area contributed by atoms with Gasteiger partial charge in [-0.05, 0) is 12.1 Å². The number of sulfone groups is 1. The van der Waals surface area contributed by atoms with Crippen molar-refractivity contribution >= 4 is 20.7 Å². The van der Waals surface area contributed by atoms with Gasteiger partial charge in [0, 0.05) is 23.3 Å². The molecule has 4 aromatic heterocycles. The van der Waals surface area contributed by atoms with Crippen LogP contribution in [0.5, 0.6) is 5.88 Å². The van der Waals surface area contributed by atoms with Gasteiger partial charge in [0.1, 0.15) is 27.7 Å². The van der Waals surface area contributed by atoms with E-state index in [1.165, 1.54) is 12.3 Å². The molecule has 9 nitrogen and oxygen atoms in total. The molecule has 36 heavy (non-hydrogen) atoms. The fourth-order valence-corrected chi connectivity index (χ4v) is 5.13. The molecule has 2 N–H and O–H groups in total. The molecule has 0 saturated carbocycles. The molecule has 0 fully saturated rings. The van der Waals surface area contributed by atoms with Crippen molar-refractivity contribution in [2.24, 2.45) is 0 Å². The second-order valence-electron chi connectivity index (χ2n) is 7.52. The lowest BCUT2D eigenvalue weighted by molar-refractivity contribution is 0.382. The summed E-state index contributed by atoms with van der Waals surface area (Å²) >= 11 is 0. The van der Waals surface area contributed by atoms with Crippen molar-refractivity contribution < 1.29 is 30.7 Å². The molecule has 0 amide bonds. The molecule has 0 atom stereocenters. The number of hydrogen-bond acceptors (Lipinski definition) is 7. The molecule has 0 unspecified atom stereocenters. The lowest BCUT2D eigenvalue weighted by atomic mass is 10.0.